The van der Waals surface area contributed by atoms with Crippen LogP contribution in [0.4, 0.5) is 0 Å². The molecule has 0 bridgehead atoms. The molecule has 1 aliphatic heterocycles. The minimum Gasteiger partial charge on any atom is -0.356 e. The number of piperidine rings is 1. The van der Waals surface area contributed by atoms with E-state index in [0.717, 1.165) is 45.2 Å². The Morgan fingerprint density at radius 2 is 2.05 bits per heavy atom. The summed E-state index contributed by atoms with van der Waals surface area (Å²) in [7, 11) is 0. The first-order chi connectivity index (χ1) is 10.0. The average Bonchev–Trinajstić information content (AvgIpc) is 2.52. The number of rotatable bonds is 7. The van der Waals surface area contributed by atoms with Crippen LogP contribution in [0.2, 0.25) is 0 Å². The molecule has 0 aliphatic carbocycles. The third kappa shape index (κ3) is 6.13. The maximum Gasteiger partial charge on any atom is 0.239 e. The van der Waals surface area contributed by atoms with Crippen molar-refractivity contribution in [1.82, 2.24) is 10.2 Å². The fraction of sp³-hybridized carbons (Fsp3) is 0.875. The number of nitrogens with one attached hydrogen (secondary N) is 1. The summed E-state index contributed by atoms with van der Waals surface area (Å²) in [4.78, 5) is 26.3. The molecule has 2 amide bonds. The number of hydrogen-bond donors (Lipinski definition) is 2. The standard InChI is InChI=1S/C16H31N3O2.ClH/c1-4-6-9-18-15(20)13-8-7-10-19(11-13)16(21)14(17)12(3)5-2;/h12-14H,4-11,17H2,1-3H3,(H,18,20);1H. The van der Waals surface area contributed by atoms with Crippen molar-refractivity contribution in [2.24, 2.45) is 17.6 Å². The predicted molar refractivity (Wildman–Crippen MR) is 91.9 cm³/mol. The van der Waals surface area contributed by atoms with Crippen molar-refractivity contribution >= 4 is 24.2 Å². The molecule has 130 valence electrons. The van der Waals surface area contributed by atoms with Crippen LogP contribution in [0.25, 0.3) is 0 Å². The summed E-state index contributed by atoms with van der Waals surface area (Å²) >= 11 is 0. The number of nitrogens with two attached hydrogens (primary N) is 1. The molecule has 3 atom stereocenters. The van der Waals surface area contributed by atoms with Crippen molar-refractivity contribution in [3.05, 3.63) is 0 Å². The van der Waals surface area contributed by atoms with E-state index in [9.17, 15) is 9.59 Å². The monoisotopic (exact) mass is 333 g/mol. The highest BCUT2D eigenvalue weighted by molar-refractivity contribution is 5.85. The topological polar surface area (TPSA) is 75.4 Å². The molecule has 1 heterocycles. The van der Waals surface area contributed by atoms with Gasteiger partial charge in [-0.1, -0.05) is 33.6 Å². The number of amides is 2. The smallest absolute Gasteiger partial charge is 0.239 e. The quantitative estimate of drug-likeness (QED) is 0.699. The van der Waals surface area contributed by atoms with Crippen molar-refractivity contribution in [2.45, 2.75) is 58.9 Å². The largest absolute Gasteiger partial charge is 0.356 e. The Hall–Kier alpha value is -0.810. The molecule has 1 fully saturated rings. The number of unbranched alkanes of at least 4 members (excludes halogenated alkanes) is 1. The molecular formula is C16H32ClN3O2. The van der Waals surface area contributed by atoms with Gasteiger partial charge in [-0.3, -0.25) is 9.59 Å². The summed E-state index contributed by atoms with van der Waals surface area (Å²) in [5.74, 6) is 0.174. The van der Waals surface area contributed by atoms with Gasteiger partial charge in [0.15, 0.2) is 0 Å². The van der Waals surface area contributed by atoms with Crippen LogP contribution in [0.15, 0.2) is 0 Å². The van der Waals surface area contributed by atoms with Crippen molar-refractivity contribution in [2.75, 3.05) is 19.6 Å². The average molecular weight is 334 g/mol. The molecular weight excluding hydrogens is 302 g/mol. The molecule has 0 aromatic heterocycles. The number of hydrogen-bond acceptors (Lipinski definition) is 3. The molecule has 22 heavy (non-hydrogen) atoms. The molecule has 0 aromatic rings. The van der Waals surface area contributed by atoms with Gasteiger partial charge in [0, 0.05) is 19.6 Å². The number of carbonyl (C=O) groups is 2. The van der Waals surface area contributed by atoms with Gasteiger partial charge in [0.1, 0.15) is 0 Å². The first kappa shape index (κ1) is 21.2. The van der Waals surface area contributed by atoms with Gasteiger partial charge >= 0.3 is 0 Å². The lowest BCUT2D eigenvalue weighted by molar-refractivity contribution is -0.137. The van der Waals surface area contributed by atoms with Gasteiger partial charge in [0.2, 0.25) is 11.8 Å². The van der Waals surface area contributed by atoms with Gasteiger partial charge in [0.25, 0.3) is 0 Å². The second kappa shape index (κ2) is 10.8. The summed E-state index contributed by atoms with van der Waals surface area (Å²) in [5.41, 5.74) is 6.03. The summed E-state index contributed by atoms with van der Waals surface area (Å²) in [5, 5.41) is 2.97. The molecule has 0 radical (unpaired) electrons. The molecule has 1 rings (SSSR count). The number of nitrogens with zero attached hydrogens (tertiary/aromatic N) is 1. The van der Waals surface area contributed by atoms with E-state index in [4.69, 9.17) is 5.73 Å². The SMILES string of the molecule is CCCCNC(=O)C1CCCN(C(=O)C(N)C(C)CC)C1.Cl. The van der Waals surface area contributed by atoms with E-state index in [1.165, 1.54) is 0 Å². The van der Waals surface area contributed by atoms with Gasteiger partial charge in [0.05, 0.1) is 12.0 Å². The maximum atomic E-state index is 12.4. The molecule has 0 aromatic carbocycles. The van der Waals surface area contributed by atoms with Crippen LogP contribution in [-0.2, 0) is 9.59 Å². The molecule has 1 aliphatic rings. The van der Waals surface area contributed by atoms with Gasteiger partial charge in [-0.05, 0) is 25.2 Å². The maximum absolute atomic E-state index is 12.4. The van der Waals surface area contributed by atoms with Crippen LogP contribution in [0.1, 0.15) is 52.9 Å². The van der Waals surface area contributed by atoms with Crippen LogP contribution in [0.5, 0.6) is 0 Å². The van der Waals surface area contributed by atoms with E-state index >= 15 is 0 Å². The second-order valence-corrected chi connectivity index (χ2v) is 6.18. The predicted octanol–water partition coefficient (Wildman–Crippen LogP) is 1.94. The number of likely N-dealkylation sites (tertiary alicyclic amines) is 1. The van der Waals surface area contributed by atoms with Crippen molar-refractivity contribution in [1.29, 1.82) is 0 Å². The zero-order valence-corrected chi connectivity index (χ0v) is 15.0. The first-order valence-electron chi connectivity index (χ1n) is 8.33. The van der Waals surface area contributed by atoms with E-state index < -0.39 is 6.04 Å². The highest BCUT2D eigenvalue weighted by Crippen LogP contribution is 2.19. The third-order valence-electron chi connectivity index (χ3n) is 4.48. The van der Waals surface area contributed by atoms with E-state index in [-0.39, 0.29) is 36.1 Å². The zero-order chi connectivity index (χ0) is 15.8. The summed E-state index contributed by atoms with van der Waals surface area (Å²) in [6.07, 6.45) is 4.70. The Morgan fingerprint density at radius 3 is 2.64 bits per heavy atom. The zero-order valence-electron chi connectivity index (χ0n) is 14.1. The van der Waals surface area contributed by atoms with Crippen molar-refractivity contribution in [3.63, 3.8) is 0 Å². The van der Waals surface area contributed by atoms with Crippen LogP contribution in [-0.4, -0.2) is 42.4 Å². The fourth-order valence-corrected chi connectivity index (χ4v) is 2.63. The van der Waals surface area contributed by atoms with Crippen molar-refractivity contribution in [3.8, 4) is 0 Å². The lowest BCUT2D eigenvalue weighted by Gasteiger charge is -2.34. The third-order valence-corrected chi connectivity index (χ3v) is 4.48. The normalized spacial score (nSPS) is 20.7. The van der Waals surface area contributed by atoms with Gasteiger partial charge < -0.3 is 16.0 Å². The van der Waals surface area contributed by atoms with Crippen LogP contribution >= 0.6 is 12.4 Å². The van der Waals surface area contributed by atoms with Gasteiger partial charge in [-0.25, -0.2) is 0 Å². The number of halogens is 1. The minimum atomic E-state index is -0.447. The van der Waals surface area contributed by atoms with Gasteiger partial charge in [-0.15, -0.1) is 12.4 Å². The lowest BCUT2D eigenvalue weighted by Crippen LogP contribution is -2.52. The Kier molecular flexibility index (Phi) is 10.4. The van der Waals surface area contributed by atoms with Crippen LogP contribution in [0.3, 0.4) is 0 Å². The number of carbonyl (C=O) groups excluding carboxylic acids is 2. The molecule has 6 heteroatoms. The van der Waals surface area contributed by atoms with E-state index in [0.29, 0.717) is 6.54 Å². The summed E-state index contributed by atoms with van der Waals surface area (Å²) < 4.78 is 0. The minimum absolute atomic E-state index is 0. The highest BCUT2D eigenvalue weighted by Gasteiger charge is 2.31. The van der Waals surface area contributed by atoms with Crippen LogP contribution < -0.4 is 11.1 Å². The summed E-state index contributed by atoms with van der Waals surface area (Å²) in [6, 6.07) is -0.447. The second-order valence-electron chi connectivity index (χ2n) is 6.18. The molecule has 0 spiro atoms. The Bertz CT molecular complexity index is 352. The summed E-state index contributed by atoms with van der Waals surface area (Å²) in [6.45, 7) is 8.11. The molecule has 5 nitrogen and oxygen atoms in total. The Balaban J connectivity index is 0.00000441. The van der Waals surface area contributed by atoms with E-state index in [1.807, 2.05) is 13.8 Å². The highest BCUT2D eigenvalue weighted by atomic mass is 35.5. The molecule has 0 saturated carbocycles. The Labute approximate surface area is 140 Å². The molecule has 1 saturated heterocycles. The van der Waals surface area contributed by atoms with E-state index in [1.54, 1.807) is 4.90 Å². The first-order valence-corrected chi connectivity index (χ1v) is 8.33. The lowest BCUT2D eigenvalue weighted by atomic mass is 9.94. The molecule has 3 unspecified atom stereocenters. The fourth-order valence-electron chi connectivity index (χ4n) is 2.63. The van der Waals surface area contributed by atoms with Crippen LogP contribution in [0, 0.1) is 11.8 Å². The van der Waals surface area contributed by atoms with Crippen molar-refractivity contribution < 1.29 is 9.59 Å². The Morgan fingerprint density at radius 1 is 1.36 bits per heavy atom. The molecule has 3 N–H and O–H groups in total. The van der Waals surface area contributed by atoms with Gasteiger partial charge in [-0.2, -0.15) is 0 Å². The van der Waals surface area contributed by atoms with E-state index in [2.05, 4.69) is 12.2 Å².